The SMILES string of the molecule is COc1cc(/C(O)=C2/C(=O)C(=O)N(Cc3ccccc3OC)C2c2ccccc2)ccc1Cl. The summed E-state index contributed by atoms with van der Waals surface area (Å²) in [6, 6.07) is 20.3. The number of halogens is 1. The van der Waals surface area contributed by atoms with Crippen LogP contribution in [-0.4, -0.2) is 35.9 Å². The third-order valence-electron chi connectivity index (χ3n) is 5.61. The van der Waals surface area contributed by atoms with Crippen molar-refractivity contribution < 1.29 is 24.2 Å². The Morgan fingerprint density at radius 3 is 2.30 bits per heavy atom. The quantitative estimate of drug-likeness (QED) is 0.317. The van der Waals surface area contributed by atoms with Gasteiger partial charge in [0.1, 0.15) is 17.3 Å². The van der Waals surface area contributed by atoms with Gasteiger partial charge >= 0.3 is 0 Å². The van der Waals surface area contributed by atoms with Gasteiger partial charge in [0.05, 0.1) is 37.4 Å². The number of carbonyl (C=O) groups is 2. The van der Waals surface area contributed by atoms with Gasteiger partial charge in [-0.25, -0.2) is 0 Å². The second-order valence-electron chi connectivity index (χ2n) is 7.50. The van der Waals surface area contributed by atoms with E-state index in [0.29, 0.717) is 27.6 Å². The Bertz CT molecular complexity index is 1240. The zero-order chi connectivity index (χ0) is 23.5. The van der Waals surface area contributed by atoms with Crippen molar-refractivity contribution in [2.75, 3.05) is 14.2 Å². The van der Waals surface area contributed by atoms with E-state index in [1.807, 2.05) is 48.5 Å². The van der Waals surface area contributed by atoms with Gasteiger partial charge < -0.3 is 19.5 Å². The fourth-order valence-corrected chi connectivity index (χ4v) is 4.20. The molecule has 1 unspecified atom stereocenters. The smallest absolute Gasteiger partial charge is 0.295 e. The first-order valence-electron chi connectivity index (χ1n) is 10.3. The number of hydrogen-bond acceptors (Lipinski definition) is 5. The molecule has 3 aromatic carbocycles. The Labute approximate surface area is 196 Å². The van der Waals surface area contributed by atoms with Crippen LogP contribution in [0.2, 0.25) is 5.02 Å². The topological polar surface area (TPSA) is 76.1 Å². The van der Waals surface area contributed by atoms with Crippen LogP contribution >= 0.6 is 11.6 Å². The molecule has 0 saturated carbocycles. The molecule has 1 N–H and O–H groups in total. The van der Waals surface area contributed by atoms with Crippen LogP contribution in [0.25, 0.3) is 5.76 Å². The normalized spacial score (nSPS) is 17.3. The van der Waals surface area contributed by atoms with Crippen molar-refractivity contribution in [3.8, 4) is 11.5 Å². The van der Waals surface area contributed by atoms with E-state index in [9.17, 15) is 14.7 Å². The summed E-state index contributed by atoms with van der Waals surface area (Å²) in [4.78, 5) is 27.8. The molecule has 33 heavy (non-hydrogen) atoms. The maximum Gasteiger partial charge on any atom is 0.295 e. The first-order valence-corrected chi connectivity index (χ1v) is 10.6. The molecule has 0 radical (unpaired) electrons. The average molecular weight is 464 g/mol. The number of nitrogens with zero attached hydrogens (tertiary/aromatic N) is 1. The summed E-state index contributed by atoms with van der Waals surface area (Å²) in [5.74, 6) is -0.795. The van der Waals surface area contributed by atoms with Crippen LogP contribution in [0.1, 0.15) is 22.7 Å². The molecule has 0 spiro atoms. The minimum Gasteiger partial charge on any atom is -0.507 e. The fourth-order valence-electron chi connectivity index (χ4n) is 4.00. The average Bonchev–Trinajstić information content (AvgIpc) is 3.09. The fraction of sp³-hybridized carbons (Fsp3) is 0.154. The second kappa shape index (κ2) is 9.38. The number of aliphatic hydroxyl groups excluding tert-OH is 1. The minimum absolute atomic E-state index is 0.00507. The van der Waals surface area contributed by atoms with Crippen molar-refractivity contribution in [3.63, 3.8) is 0 Å². The third kappa shape index (κ3) is 4.17. The number of ether oxygens (including phenoxy) is 2. The first-order chi connectivity index (χ1) is 16.0. The summed E-state index contributed by atoms with van der Waals surface area (Å²) >= 11 is 6.12. The number of aliphatic hydroxyl groups is 1. The maximum absolute atomic E-state index is 13.2. The zero-order valence-corrected chi connectivity index (χ0v) is 18.9. The van der Waals surface area contributed by atoms with Gasteiger partial charge in [-0.2, -0.15) is 0 Å². The molecule has 7 heteroatoms. The lowest BCUT2D eigenvalue weighted by Gasteiger charge is -2.26. The molecule has 0 aliphatic carbocycles. The van der Waals surface area contributed by atoms with Crippen LogP contribution in [0.4, 0.5) is 0 Å². The van der Waals surface area contributed by atoms with Gasteiger partial charge in [0.2, 0.25) is 0 Å². The minimum atomic E-state index is -0.780. The molecule has 4 rings (SSSR count). The number of para-hydroxylation sites is 1. The predicted octanol–water partition coefficient (Wildman–Crippen LogP) is 4.98. The van der Waals surface area contributed by atoms with Crippen LogP contribution < -0.4 is 9.47 Å². The Morgan fingerprint density at radius 1 is 0.939 bits per heavy atom. The molecule has 1 atom stereocenters. The van der Waals surface area contributed by atoms with Gasteiger partial charge in [0.25, 0.3) is 11.7 Å². The van der Waals surface area contributed by atoms with Crippen molar-refractivity contribution in [1.82, 2.24) is 4.90 Å². The molecule has 1 fully saturated rings. The van der Waals surface area contributed by atoms with E-state index < -0.39 is 17.7 Å². The third-order valence-corrected chi connectivity index (χ3v) is 5.93. The highest BCUT2D eigenvalue weighted by atomic mass is 35.5. The van der Waals surface area contributed by atoms with Crippen LogP contribution in [0.3, 0.4) is 0 Å². The summed E-state index contributed by atoms with van der Waals surface area (Å²) in [6.45, 7) is 0.134. The lowest BCUT2D eigenvalue weighted by Crippen LogP contribution is -2.29. The number of ketones is 1. The number of benzene rings is 3. The molecule has 168 valence electrons. The van der Waals surface area contributed by atoms with Crippen LogP contribution in [0, 0.1) is 0 Å². The highest BCUT2D eigenvalue weighted by Gasteiger charge is 2.46. The maximum atomic E-state index is 13.2. The van der Waals surface area contributed by atoms with E-state index in [1.54, 1.807) is 25.3 Å². The molecule has 1 aliphatic heterocycles. The molecule has 1 heterocycles. The van der Waals surface area contributed by atoms with Gasteiger partial charge in [-0.3, -0.25) is 9.59 Å². The van der Waals surface area contributed by atoms with Crippen molar-refractivity contribution >= 4 is 29.1 Å². The van der Waals surface area contributed by atoms with Crippen molar-refractivity contribution in [1.29, 1.82) is 0 Å². The van der Waals surface area contributed by atoms with E-state index in [0.717, 1.165) is 5.56 Å². The molecular weight excluding hydrogens is 442 g/mol. The predicted molar refractivity (Wildman–Crippen MR) is 125 cm³/mol. The van der Waals surface area contributed by atoms with Crippen LogP contribution in [0.5, 0.6) is 11.5 Å². The Kier molecular flexibility index (Phi) is 6.38. The van der Waals surface area contributed by atoms with E-state index in [-0.39, 0.29) is 17.9 Å². The van der Waals surface area contributed by atoms with Crippen molar-refractivity contribution in [3.05, 3.63) is 100 Å². The summed E-state index contributed by atoms with van der Waals surface area (Å²) in [7, 11) is 3.01. The Hall–Kier alpha value is -3.77. The molecular formula is C26H22ClNO5. The Morgan fingerprint density at radius 2 is 1.61 bits per heavy atom. The summed E-state index contributed by atoms with van der Waals surface area (Å²) in [5.41, 5.74) is 1.78. The summed E-state index contributed by atoms with van der Waals surface area (Å²) < 4.78 is 10.7. The lowest BCUT2D eigenvalue weighted by molar-refractivity contribution is -0.140. The highest BCUT2D eigenvalue weighted by Crippen LogP contribution is 2.41. The number of hydrogen-bond donors (Lipinski definition) is 1. The zero-order valence-electron chi connectivity index (χ0n) is 18.1. The Balaban J connectivity index is 1.87. The summed E-state index contributed by atoms with van der Waals surface area (Å²) in [5, 5.41) is 11.6. The van der Waals surface area contributed by atoms with E-state index >= 15 is 0 Å². The largest absolute Gasteiger partial charge is 0.507 e. The molecule has 0 bridgehead atoms. The van der Waals surface area contributed by atoms with Crippen molar-refractivity contribution in [2.45, 2.75) is 12.6 Å². The number of amides is 1. The van der Waals surface area contributed by atoms with Gasteiger partial charge in [0, 0.05) is 11.1 Å². The molecule has 1 saturated heterocycles. The number of Topliss-reactive ketones (excluding diaryl/α,β-unsaturated/α-hetero) is 1. The highest BCUT2D eigenvalue weighted by molar-refractivity contribution is 6.46. The van der Waals surface area contributed by atoms with Crippen molar-refractivity contribution in [2.24, 2.45) is 0 Å². The lowest BCUT2D eigenvalue weighted by atomic mass is 9.95. The number of methoxy groups -OCH3 is 2. The molecule has 6 nitrogen and oxygen atoms in total. The summed E-state index contributed by atoms with van der Waals surface area (Å²) in [6.07, 6.45) is 0. The monoisotopic (exact) mass is 463 g/mol. The number of carbonyl (C=O) groups excluding carboxylic acids is 2. The van der Waals surface area contributed by atoms with Gasteiger partial charge in [-0.15, -0.1) is 0 Å². The number of likely N-dealkylation sites (tertiary alicyclic amines) is 1. The van der Waals surface area contributed by atoms with E-state index in [2.05, 4.69) is 0 Å². The van der Waals surface area contributed by atoms with Crippen LogP contribution in [0.15, 0.2) is 78.4 Å². The molecule has 1 amide bonds. The first kappa shape index (κ1) is 22.4. The van der Waals surface area contributed by atoms with Gasteiger partial charge in [0.15, 0.2) is 0 Å². The second-order valence-corrected chi connectivity index (χ2v) is 7.91. The standard InChI is InChI=1S/C26H22ClNO5/c1-32-20-11-7-6-10-18(20)15-28-23(16-8-4-3-5-9-16)22(25(30)26(28)31)24(29)17-12-13-19(27)21(14-17)33-2/h3-14,23,29H,15H2,1-2H3/b24-22-. The molecule has 1 aliphatic rings. The molecule has 3 aromatic rings. The van der Waals surface area contributed by atoms with Gasteiger partial charge in [-0.05, 0) is 29.8 Å². The van der Waals surface area contributed by atoms with Crippen LogP contribution in [-0.2, 0) is 16.1 Å². The molecule has 0 aromatic heterocycles. The number of rotatable bonds is 6. The van der Waals surface area contributed by atoms with E-state index in [4.69, 9.17) is 21.1 Å². The van der Waals surface area contributed by atoms with Gasteiger partial charge in [-0.1, -0.05) is 60.1 Å². The van der Waals surface area contributed by atoms with E-state index in [1.165, 1.54) is 18.1 Å².